The molecule has 4 rings (SSSR count). The van der Waals surface area contributed by atoms with Gasteiger partial charge < -0.3 is 25.0 Å². The molecule has 1 amide bonds. The van der Waals surface area contributed by atoms with Crippen molar-refractivity contribution >= 4 is 17.3 Å². The van der Waals surface area contributed by atoms with Crippen LogP contribution in [0.2, 0.25) is 0 Å². The summed E-state index contributed by atoms with van der Waals surface area (Å²) in [6.07, 6.45) is -2.43. The number of amides is 1. The number of ether oxygens (including phenoxy) is 2. The Hall–Kier alpha value is -2.62. The number of hydrogen-bond acceptors (Lipinski definition) is 5. The minimum Gasteiger partial charge on any atom is -0.376 e. The van der Waals surface area contributed by atoms with Gasteiger partial charge in [0.15, 0.2) is 0 Å². The largest absolute Gasteiger partial charge is 0.416 e. The van der Waals surface area contributed by atoms with Gasteiger partial charge in [-0.05, 0) is 49.2 Å². The van der Waals surface area contributed by atoms with Crippen LogP contribution in [0.15, 0.2) is 48.5 Å². The number of nitrogens with one attached hydrogen (secondary N) is 2. The van der Waals surface area contributed by atoms with Crippen LogP contribution in [0.5, 0.6) is 0 Å². The Morgan fingerprint density at radius 2 is 1.85 bits per heavy atom. The van der Waals surface area contributed by atoms with Gasteiger partial charge in [0, 0.05) is 42.6 Å². The average Bonchev–Trinajstić information content (AvgIpc) is 2.83. The molecular weight excluding hydrogens is 435 g/mol. The van der Waals surface area contributed by atoms with Gasteiger partial charge in [-0.1, -0.05) is 12.1 Å². The molecule has 2 fully saturated rings. The Morgan fingerprint density at radius 3 is 2.58 bits per heavy atom. The van der Waals surface area contributed by atoms with E-state index < -0.39 is 17.6 Å². The standard InChI is InChI=1S/C24H28F3N3O3/c25-24(26,27)18-4-1-3-17(13-18)23(31)29-20-5-2-6-21(14-20)30-9-7-19(8-10-30)28-15-22-16-32-11-12-33-22/h1-6,13-14,19,22,28H,7-12,15-16H2,(H,29,31). The predicted octanol–water partition coefficient (Wildman–Crippen LogP) is 3.93. The van der Waals surface area contributed by atoms with Crippen LogP contribution < -0.4 is 15.5 Å². The second-order valence-corrected chi connectivity index (χ2v) is 8.32. The molecule has 0 spiro atoms. The molecule has 2 aliphatic rings. The smallest absolute Gasteiger partial charge is 0.376 e. The third-order valence-corrected chi connectivity index (χ3v) is 5.94. The zero-order valence-corrected chi connectivity index (χ0v) is 18.2. The highest BCUT2D eigenvalue weighted by atomic mass is 19.4. The van der Waals surface area contributed by atoms with Crippen molar-refractivity contribution in [3.8, 4) is 0 Å². The number of anilines is 2. The second-order valence-electron chi connectivity index (χ2n) is 8.32. The fraction of sp³-hybridized carbons (Fsp3) is 0.458. The Morgan fingerprint density at radius 1 is 1.06 bits per heavy atom. The molecule has 178 valence electrons. The molecule has 1 atom stereocenters. The van der Waals surface area contributed by atoms with Gasteiger partial charge in [-0.15, -0.1) is 0 Å². The van der Waals surface area contributed by atoms with Crippen molar-refractivity contribution in [2.45, 2.75) is 31.2 Å². The van der Waals surface area contributed by atoms with Crippen LogP contribution in [0.4, 0.5) is 24.5 Å². The van der Waals surface area contributed by atoms with E-state index in [1.807, 2.05) is 18.2 Å². The lowest BCUT2D eigenvalue weighted by atomic mass is 10.0. The molecule has 2 heterocycles. The van der Waals surface area contributed by atoms with Crippen molar-refractivity contribution in [1.82, 2.24) is 5.32 Å². The van der Waals surface area contributed by atoms with Crippen molar-refractivity contribution in [1.29, 1.82) is 0 Å². The number of nitrogens with zero attached hydrogens (tertiary/aromatic N) is 1. The number of halogens is 3. The van der Waals surface area contributed by atoms with Gasteiger partial charge in [0.05, 0.1) is 31.5 Å². The van der Waals surface area contributed by atoms with E-state index in [0.29, 0.717) is 31.5 Å². The summed E-state index contributed by atoms with van der Waals surface area (Å²) in [5, 5.41) is 6.28. The van der Waals surface area contributed by atoms with Gasteiger partial charge in [0.2, 0.25) is 0 Å². The summed E-state index contributed by atoms with van der Waals surface area (Å²) in [6.45, 7) is 4.45. The van der Waals surface area contributed by atoms with Crippen molar-refractivity contribution < 1.29 is 27.4 Å². The molecule has 2 N–H and O–H groups in total. The highest BCUT2D eigenvalue weighted by Crippen LogP contribution is 2.30. The third-order valence-electron chi connectivity index (χ3n) is 5.94. The Labute approximate surface area is 191 Å². The molecule has 33 heavy (non-hydrogen) atoms. The molecule has 2 aliphatic heterocycles. The minimum absolute atomic E-state index is 0.0329. The molecule has 2 aromatic carbocycles. The van der Waals surface area contributed by atoms with Gasteiger partial charge >= 0.3 is 6.18 Å². The zero-order chi connectivity index (χ0) is 23.3. The van der Waals surface area contributed by atoms with E-state index in [4.69, 9.17) is 9.47 Å². The summed E-state index contributed by atoms with van der Waals surface area (Å²) in [5.74, 6) is -0.574. The molecule has 0 bridgehead atoms. The molecular formula is C24H28F3N3O3. The Bertz CT molecular complexity index is 940. The van der Waals surface area contributed by atoms with Crippen molar-refractivity contribution in [3.63, 3.8) is 0 Å². The van der Waals surface area contributed by atoms with E-state index >= 15 is 0 Å². The predicted molar refractivity (Wildman–Crippen MR) is 120 cm³/mol. The van der Waals surface area contributed by atoms with Crippen LogP contribution >= 0.6 is 0 Å². The van der Waals surface area contributed by atoms with E-state index in [1.54, 1.807) is 6.07 Å². The number of rotatable bonds is 6. The van der Waals surface area contributed by atoms with E-state index in [9.17, 15) is 18.0 Å². The van der Waals surface area contributed by atoms with Crippen LogP contribution in [0.3, 0.4) is 0 Å². The first-order valence-electron chi connectivity index (χ1n) is 11.1. The molecule has 2 saturated heterocycles. The number of benzene rings is 2. The van der Waals surface area contributed by atoms with Crippen LogP contribution in [0.1, 0.15) is 28.8 Å². The Balaban J connectivity index is 1.30. The Kier molecular flexibility index (Phi) is 7.52. The molecule has 0 aliphatic carbocycles. The number of hydrogen-bond donors (Lipinski definition) is 2. The number of carbonyl (C=O) groups is 1. The van der Waals surface area contributed by atoms with E-state index in [0.717, 1.165) is 50.3 Å². The SMILES string of the molecule is O=C(Nc1cccc(N2CCC(NCC3COCCO3)CC2)c1)c1cccc(C(F)(F)F)c1. The average molecular weight is 464 g/mol. The summed E-state index contributed by atoms with van der Waals surface area (Å²) >= 11 is 0. The van der Waals surface area contributed by atoms with Crippen molar-refractivity contribution in [2.24, 2.45) is 0 Å². The highest BCUT2D eigenvalue weighted by Gasteiger charge is 2.31. The van der Waals surface area contributed by atoms with E-state index in [1.165, 1.54) is 12.1 Å². The minimum atomic E-state index is -4.49. The van der Waals surface area contributed by atoms with E-state index in [2.05, 4.69) is 15.5 Å². The van der Waals surface area contributed by atoms with Crippen molar-refractivity contribution in [2.75, 3.05) is 49.7 Å². The summed E-state index contributed by atoms with van der Waals surface area (Å²) in [4.78, 5) is 14.8. The lowest BCUT2D eigenvalue weighted by molar-refractivity contribution is -0.137. The molecule has 0 radical (unpaired) electrons. The molecule has 0 aromatic heterocycles. The van der Waals surface area contributed by atoms with Gasteiger partial charge in [0.1, 0.15) is 0 Å². The van der Waals surface area contributed by atoms with Crippen LogP contribution in [-0.4, -0.2) is 57.5 Å². The lowest BCUT2D eigenvalue weighted by Crippen LogP contribution is -2.46. The van der Waals surface area contributed by atoms with Gasteiger partial charge in [-0.2, -0.15) is 13.2 Å². The first-order chi connectivity index (χ1) is 15.9. The normalized spacial score (nSPS) is 20.0. The van der Waals surface area contributed by atoms with Crippen LogP contribution in [-0.2, 0) is 15.7 Å². The zero-order valence-electron chi connectivity index (χ0n) is 18.2. The van der Waals surface area contributed by atoms with Gasteiger partial charge in [-0.3, -0.25) is 4.79 Å². The van der Waals surface area contributed by atoms with Gasteiger partial charge in [0.25, 0.3) is 5.91 Å². The molecule has 9 heteroatoms. The summed E-state index contributed by atoms with van der Waals surface area (Å²) in [5.41, 5.74) is 0.640. The first-order valence-corrected chi connectivity index (χ1v) is 11.1. The molecule has 0 saturated carbocycles. The number of carbonyl (C=O) groups excluding carboxylic acids is 1. The maximum absolute atomic E-state index is 12.9. The van der Waals surface area contributed by atoms with Crippen LogP contribution in [0, 0.1) is 0 Å². The summed E-state index contributed by atoms with van der Waals surface area (Å²) in [7, 11) is 0. The fourth-order valence-corrected chi connectivity index (χ4v) is 4.11. The quantitative estimate of drug-likeness (QED) is 0.680. The number of piperidine rings is 1. The fourth-order valence-electron chi connectivity index (χ4n) is 4.11. The summed E-state index contributed by atoms with van der Waals surface area (Å²) in [6, 6.07) is 12.2. The highest BCUT2D eigenvalue weighted by molar-refractivity contribution is 6.04. The maximum atomic E-state index is 12.9. The molecule has 2 aromatic rings. The third kappa shape index (κ3) is 6.46. The maximum Gasteiger partial charge on any atom is 0.416 e. The summed E-state index contributed by atoms with van der Waals surface area (Å²) < 4.78 is 49.9. The number of alkyl halides is 3. The van der Waals surface area contributed by atoms with E-state index in [-0.39, 0.29) is 11.7 Å². The van der Waals surface area contributed by atoms with Gasteiger partial charge in [-0.25, -0.2) is 0 Å². The lowest BCUT2D eigenvalue weighted by Gasteiger charge is -2.35. The first kappa shape index (κ1) is 23.5. The monoisotopic (exact) mass is 463 g/mol. The molecule has 1 unspecified atom stereocenters. The second kappa shape index (κ2) is 10.5. The van der Waals surface area contributed by atoms with Crippen molar-refractivity contribution in [3.05, 3.63) is 59.7 Å². The topological polar surface area (TPSA) is 62.8 Å². The van der Waals surface area contributed by atoms with Crippen LogP contribution in [0.25, 0.3) is 0 Å². The molecule has 6 nitrogen and oxygen atoms in total.